The molecule has 0 radical (unpaired) electrons. The fraction of sp³-hybridized carbons (Fsp3) is 0.438. The molecule has 3 N–H and O–H groups in total. The number of carbonyl (C=O) groups is 1. The molecule has 0 saturated heterocycles. The number of halogens is 2. The highest BCUT2D eigenvalue weighted by Gasteiger charge is 2.20. The van der Waals surface area contributed by atoms with Crippen LogP contribution in [0, 0.1) is 12.8 Å². The normalized spacial score (nSPS) is 12.3. The molecular formula is C16H22Cl2N2O2. The minimum absolute atomic E-state index is 0. The van der Waals surface area contributed by atoms with Crippen molar-refractivity contribution in [1.82, 2.24) is 5.32 Å². The molecule has 0 aliphatic carbocycles. The summed E-state index contributed by atoms with van der Waals surface area (Å²) in [6.07, 6.45) is 0.841. The van der Waals surface area contributed by atoms with E-state index in [-0.39, 0.29) is 24.4 Å². The highest BCUT2D eigenvalue weighted by atomic mass is 35.5. The Balaban J connectivity index is 0.00000242. The monoisotopic (exact) mass is 344 g/mol. The topological polar surface area (TPSA) is 68.3 Å². The molecule has 0 bridgehead atoms. The summed E-state index contributed by atoms with van der Waals surface area (Å²) < 4.78 is 5.65. The van der Waals surface area contributed by atoms with Crippen molar-refractivity contribution in [2.75, 3.05) is 6.54 Å². The predicted molar refractivity (Wildman–Crippen MR) is 93.0 cm³/mol. The van der Waals surface area contributed by atoms with Crippen molar-refractivity contribution in [2.45, 2.75) is 33.2 Å². The number of furan rings is 1. The Morgan fingerprint density at radius 2 is 2.09 bits per heavy atom. The van der Waals surface area contributed by atoms with Crippen molar-refractivity contribution in [1.29, 1.82) is 0 Å². The molecule has 1 aromatic heterocycles. The smallest absolute Gasteiger partial charge is 0.287 e. The second-order valence-corrected chi connectivity index (χ2v) is 6.17. The average molecular weight is 345 g/mol. The van der Waals surface area contributed by atoms with E-state index in [1.807, 2.05) is 6.92 Å². The van der Waals surface area contributed by atoms with Crippen LogP contribution in [0.5, 0.6) is 0 Å². The first-order valence-electron chi connectivity index (χ1n) is 7.12. The van der Waals surface area contributed by atoms with Crippen LogP contribution in [0.2, 0.25) is 5.02 Å². The minimum Gasteiger partial charge on any atom is -0.451 e. The van der Waals surface area contributed by atoms with Gasteiger partial charge in [0.1, 0.15) is 5.58 Å². The third-order valence-electron chi connectivity index (χ3n) is 3.48. The third kappa shape index (κ3) is 4.15. The molecule has 1 unspecified atom stereocenters. The molecule has 6 heteroatoms. The van der Waals surface area contributed by atoms with E-state index < -0.39 is 0 Å². The van der Waals surface area contributed by atoms with Gasteiger partial charge in [0.05, 0.1) is 0 Å². The maximum absolute atomic E-state index is 12.4. The number of nitrogens with two attached hydrogens (primary N) is 1. The van der Waals surface area contributed by atoms with E-state index in [9.17, 15) is 4.79 Å². The van der Waals surface area contributed by atoms with E-state index in [0.29, 0.717) is 28.8 Å². The van der Waals surface area contributed by atoms with Gasteiger partial charge in [0.15, 0.2) is 5.76 Å². The van der Waals surface area contributed by atoms with Gasteiger partial charge in [-0.1, -0.05) is 25.4 Å². The van der Waals surface area contributed by atoms with E-state index in [0.717, 1.165) is 17.4 Å². The quantitative estimate of drug-likeness (QED) is 0.863. The molecule has 1 heterocycles. The summed E-state index contributed by atoms with van der Waals surface area (Å²) in [5.74, 6) is 0.569. The summed E-state index contributed by atoms with van der Waals surface area (Å²) in [5.41, 5.74) is 7.18. The molecule has 1 amide bonds. The first-order valence-corrected chi connectivity index (χ1v) is 7.49. The van der Waals surface area contributed by atoms with E-state index in [1.54, 1.807) is 18.2 Å². The van der Waals surface area contributed by atoms with Crippen LogP contribution in [0.25, 0.3) is 11.0 Å². The Bertz CT molecular complexity index is 653. The number of benzene rings is 1. The van der Waals surface area contributed by atoms with Gasteiger partial charge in [-0.05, 0) is 37.5 Å². The van der Waals surface area contributed by atoms with Crippen molar-refractivity contribution in [3.8, 4) is 0 Å². The third-order valence-corrected chi connectivity index (χ3v) is 3.72. The Kier molecular flexibility index (Phi) is 6.72. The van der Waals surface area contributed by atoms with Gasteiger partial charge >= 0.3 is 0 Å². The molecular weight excluding hydrogens is 323 g/mol. The number of hydrogen-bond acceptors (Lipinski definition) is 3. The van der Waals surface area contributed by atoms with Gasteiger partial charge in [-0.15, -0.1) is 12.4 Å². The van der Waals surface area contributed by atoms with Gasteiger partial charge in [-0.2, -0.15) is 0 Å². The lowest BCUT2D eigenvalue weighted by Gasteiger charge is -2.18. The highest BCUT2D eigenvalue weighted by molar-refractivity contribution is 6.31. The van der Waals surface area contributed by atoms with Crippen molar-refractivity contribution < 1.29 is 9.21 Å². The van der Waals surface area contributed by atoms with Crippen LogP contribution in [0.1, 0.15) is 36.4 Å². The van der Waals surface area contributed by atoms with E-state index in [2.05, 4.69) is 19.2 Å². The molecule has 2 aromatic rings. The van der Waals surface area contributed by atoms with Crippen LogP contribution in [-0.2, 0) is 0 Å². The van der Waals surface area contributed by atoms with Crippen LogP contribution in [-0.4, -0.2) is 18.5 Å². The number of amides is 1. The average Bonchev–Trinajstić information content (AvgIpc) is 2.74. The fourth-order valence-electron chi connectivity index (χ4n) is 2.44. The summed E-state index contributed by atoms with van der Waals surface area (Å²) in [6.45, 7) is 6.47. The first-order chi connectivity index (χ1) is 9.92. The van der Waals surface area contributed by atoms with Crippen molar-refractivity contribution in [2.24, 2.45) is 11.7 Å². The Labute approximate surface area is 141 Å². The number of aryl methyl sites for hydroxylation is 1. The lowest BCUT2D eigenvalue weighted by Crippen LogP contribution is -2.41. The molecule has 22 heavy (non-hydrogen) atoms. The lowest BCUT2D eigenvalue weighted by atomic mass is 10.0. The van der Waals surface area contributed by atoms with Gasteiger partial charge in [0, 0.05) is 28.6 Å². The standard InChI is InChI=1S/C16H21ClN2O2.ClH/c1-9(2)6-12(8-18)19-16(20)15-10(3)13-7-11(17)4-5-14(13)21-15;/h4-5,7,9,12H,6,8,18H2,1-3H3,(H,19,20);1H. The first kappa shape index (κ1) is 18.8. The van der Waals surface area contributed by atoms with Gasteiger partial charge in [-0.25, -0.2) is 0 Å². The number of hydrogen-bond donors (Lipinski definition) is 2. The largest absolute Gasteiger partial charge is 0.451 e. The predicted octanol–water partition coefficient (Wildman–Crippen LogP) is 3.92. The molecule has 1 aromatic carbocycles. The van der Waals surface area contributed by atoms with Gasteiger partial charge in [0.2, 0.25) is 0 Å². The van der Waals surface area contributed by atoms with Gasteiger partial charge in [0.25, 0.3) is 5.91 Å². The molecule has 0 aliphatic heterocycles. The number of nitrogens with one attached hydrogen (secondary N) is 1. The van der Waals surface area contributed by atoms with Crippen LogP contribution in [0.3, 0.4) is 0 Å². The van der Waals surface area contributed by atoms with Crippen molar-refractivity contribution in [3.63, 3.8) is 0 Å². The second kappa shape index (κ2) is 7.86. The van der Waals surface area contributed by atoms with E-state index in [1.165, 1.54) is 0 Å². The van der Waals surface area contributed by atoms with Crippen LogP contribution in [0.15, 0.2) is 22.6 Å². The Hall–Kier alpha value is -1.23. The van der Waals surface area contributed by atoms with Crippen LogP contribution >= 0.6 is 24.0 Å². The minimum atomic E-state index is -0.226. The van der Waals surface area contributed by atoms with Crippen LogP contribution in [0.4, 0.5) is 0 Å². The summed E-state index contributed by atoms with van der Waals surface area (Å²) in [7, 11) is 0. The van der Waals surface area contributed by atoms with Crippen molar-refractivity contribution in [3.05, 3.63) is 34.5 Å². The molecule has 1 atom stereocenters. The Morgan fingerprint density at radius 3 is 2.68 bits per heavy atom. The molecule has 0 aliphatic rings. The number of rotatable bonds is 5. The highest BCUT2D eigenvalue weighted by Crippen LogP contribution is 2.27. The number of carbonyl (C=O) groups excluding carboxylic acids is 1. The van der Waals surface area contributed by atoms with Gasteiger partial charge < -0.3 is 15.5 Å². The maximum Gasteiger partial charge on any atom is 0.287 e. The van der Waals surface area contributed by atoms with Crippen LogP contribution < -0.4 is 11.1 Å². The zero-order valence-electron chi connectivity index (χ0n) is 13.0. The molecule has 4 nitrogen and oxygen atoms in total. The zero-order valence-corrected chi connectivity index (χ0v) is 14.6. The summed E-state index contributed by atoms with van der Waals surface area (Å²) >= 11 is 5.98. The molecule has 2 rings (SSSR count). The van der Waals surface area contributed by atoms with Crippen molar-refractivity contribution >= 4 is 40.9 Å². The maximum atomic E-state index is 12.4. The molecule has 0 fully saturated rings. The van der Waals surface area contributed by atoms with E-state index >= 15 is 0 Å². The SMILES string of the molecule is Cc1c(C(=O)NC(CN)CC(C)C)oc2ccc(Cl)cc12.Cl. The lowest BCUT2D eigenvalue weighted by molar-refractivity contribution is 0.0907. The van der Waals surface area contributed by atoms with Gasteiger partial charge in [-0.3, -0.25) is 4.79 Å². The fourth-order valence-corrected chi connectivity index (χ4v) is 2.62. The summed E-state index contributed by atoms with van der Waals surface area (Å²) in [6, 6.07) is 5.28. The molecule has 0 spiro atoms. The number of fused-ring (bicyclic) bond motifs is 1. The van der Waals surface area contributed by atoms with E-state index in [4.69, 9.17) is 21.8 Å². The second-order valence-electron chi connectivity index (χ2n) is 5.73. The molecule has 122 valence electrons. The Morgan fingerprint density at radius 1 is 1.41 bits per heavy atom. The summed E-state index contributed by atoms with van der Waals surface area (Å²) in [4.78, 5) is 12.4. The molecule has 0 saturated carbocycles. The zero-order chi connectivity index (χ0) is 15.6. The summed E-state index contributed by atoms with van der Waals surface area (Å²) in [5, 5.41) is 4.43.